The highest BCUT2D eigenvalue weighted by Gasteiger charge is 2.42. The average Bonchev–Trinajstić information content (AvgIpc) is 2.95. The molecule has 0 bridgehead atoms. The molecule has 0 spiro atoms. The molecule has 0 aliphatic carbocycles. The Morgan fingerprint density at radius 3 is 2.58 bits per heavy atom. The van der Waals surface area contributed by atoms with Crippen LogP contribution in [0, 0.1) is 0 Å². The van der Waals surface area contributed by atoms with E-state index in [4.69, 9.17) is 16.1 Å². The Bertz CT molecular complexity index is 736. The van der Waals surface area contributed by atoms with E-state index in [1.54, 1.807) is 35.2 Å². The van der Waals surface area contributed by atoms with Crippen LogP contribution in [0.15, 0.2) is 34.9 Å². The molecule has 1 amide bonds. The molecule has 128 valence electrons. The molecule has 3 rings (SSSR count). The van der Waals surface area contributed by atoms with Crippen molar-refractivity contribution in [3.05, 3.63) is 41.1 Å². The first-order chi connectivity index (χ1) is 11.3. The molecule has 0 saturated carbocycles. The lowest BCUT2D eigenvalue weighted by atomic mass is 9.93. The molecular weight excluding hydrogens is 330 g/mol. The van der Waals surface area contributed by atoms with Crippen molar-refractivity contribution in [2.45, 2.75) is 44.9 Å². The first kappa shape index (κ1) is 16.8. The van der Waals surface area contributed by atoms with Gasteiger partial charge in [0.25, 0.3) is 0 Å². The van der Waals surface area contributed by atoms with Gasteiger partial charge in [-0.1, -0.05) is 37.5 Å². The van der Waals surface area contributed by atoms with Gasteiger partial charge in [0.05, 0.1) is 12.5 Å². The maximum atomic E-state index is 11.9. The maximum Gasteiger partial charge on any atom is 0.229 e. The number of rotatable bonds is 4. The Morgan fingerprint density at radius 2 is 2.04 bits per heavy atom. The number of benzene rings is 1. The molecule has 7 heteroatoms. The second kappa shape index (κ2) is 6.11. The molecule has 2 heterocycles. The number of aliphatic hydroxyl groups is 1. The zero-order valence-electron chi connectivity index (χ0n) is 13.8. The van der Waals surface area contributed by atoms with E-state index in [-0.39, 0.29) is 23.8 Å². The summed E-state index contributed by atoms with van der Waals surface area (Å²) in [6.07, 6.45) is -0.683. The second-order valence-corrected chi connectivity index (χ2v) is 7.36. The number of amides is 1. The number of hydrogen-bond donors (Lipinski definition) is 2. The summed E-state index contributed by atoms with van der Waals surface area (Å²) < 4.78 is 5.29. The first-order valence-corrected chi connectivity index (χ1v) is 8.13. The van der Waals surface area contributed by atoms with Crippen LogP contribution >= 0.6 is 11.6 Å². The first-order valence-electron chi connectivity index (χ1n) is 7.75. The second-order valence-electron chi connectivity index (χ2n) is 6.93. The largest absolute Gasteiger partial charge is 0.372 e. The lowest BCUT2D eigenvalue weighted by Gasteiger charge is -2.42. The third kappa shape index (κ3) is 3.25. The molecule has 1 aromatic heterocycles. The monoisotopic (exact) mass is 349 g/mol. The molecule has 1 aromatic carbocycles. The standard InChI is InChI=1S/C17H20ClN3O3/c1-17(2,3)13-9-14(20-24-13)19-16(23)12-8-15(22)21(12)11-6-4-10(18)5-7-11/h4-7,9,12,16,23H,8H2,1-3H3,(H,19,20). The van der Waals surface area contributed by atoms with Crippen LogP contribution < -0.4 is 10.2 Å². The van der Waals surface area contributed by atoms with Crippen LogP contribution in [0.25, 0.3) is 0 Å². The van der Waals surface area contributed by atoms with Gasteiger partial charge >= 0.3 is 0 Å². The summed E-state index contributed by atoms with van der Waals surface area (Å²) in [5.74, 6) is 1.12. The van der Waals surface area contributed by atoms with Crippen LogP contribution in [0.2, 0.25) is 5.02 Å². The zero-order chi connectivity index (χ0) is 17.5. The van der Waals surface area contributed by atoms with Crippen molar-refractivity contribution in [3.8, 4) is 0 Å². The predicted molar refractivity (Wildman–Crippen MR) is 92.2 cm³/mol. The van der Waals surface area contributed by atoms with Crippen molar-refractivity contribution < 1.29 is 14.4 Å². The van der Waals surface area contributed by atoms with Crippen LogP contribution in [0.3, 0.4) is 0 Å². The SMILES string of the molecule is CC(C)(C)c1cc(NC(O)C2CC(=O)N2c2ccc(Cl)cc2)no1. The number of β-lactam (4-membered cyclic amide) rings is 1. The Labute approximate surface area is 145 Å². The highest BCUT2D eigenvalue weighted by atomic mass is 35.5. The fourth-order valence-electron chi connectivity index (χ4n) is 2.58. The minimum Gasteiger partial charge on any atom is -0.372 e. The number of carbonyl (C=O) groups excluding carboxylic acids is 1. The quantitative estimate of drug-likeness (QED) is 0.654. The summed E-state index contributed by atoms with van der Waals surface area (Å²) in [5.41, 5.74) is 0.539. The van der Waals surface area contributed by atoms with Gasteiger partial charge in [0.2, 0.25) is 5.91 Å². The molecule has 1 saturated heterocycles. The number of aliphatic hydroxyl groups excluding tert-OH is 1. The summed E-state index contributed by atoms with van der Waals surface area (Å²) in [6.45, 7) is 6.04. The fourth-order valence-corrected chi connectivity index (χ4v) is 2.70. The van der Waals surface area contributed by atoms with Gasteiger partial charge in [-0.05, 0) is 24.3 Å². The van der Waals surface area contributed by atoms with E-state index in [1.807, 2.05) is 20.8 Å². The van der Waals surface area contributed by atoms with Crippen molar-refractivity contribution >= 4 is 29.0 Å². The summed E-state index contributed by atoms with van der Waals surface area (Å²) in [5, 5.41) is 17.8. The van der Waals surface area contributed by atoms with Gasteiger partial charge in [-0.2, -0.15) is 0 Å². The number of carbonyl (C=O) groups is 1. The van der Waals surface area contributed by atoms with Gasteiger partial charge < -0.3 is 19.8 Å². The Balaban J connectivity index is 1.70. The summed E-state index contributed by atoms with van der Waals surface area (Å²) in [4.78, 5) is 13.5. The Kier molecular flexibility index (Phi) is 4.27. The lowest BCUT2D eigenvalue weighted by Crippen LogP contribution is -2.60. The van der Waals surface area contributed by atoms with Crippen LogP contribution in [0.1, 0.15) is 33.0 Å². The number of halogens is 1. The van der Waals surface area contributed by atoms with Gasteiger partial charge in [0.1, 0.15) is 12.0 Å². The molecule has 1 aliphatic heterocycles. The molecular formula is C17H20ClN3O3. The highest BCUT2D eigenvalue weighted by Crippen LogP contribution is 2.31. The van der Waals surface area contributed by atoms with Gasteiger partial charge in [0.15, 0.2) is 5.82 Å². The van der Waals surface area contributed by atoms with E-state index in [1.165, 1.54) is 0 Å². The Morgan fingerprint density at radius 1 is 1.38 bits per heavy atom. The van der Waals surface area contributed by atoms with E-state index < -0.39 is 6.23 Å². The predicted octanol–water partition coefficient (Wildman–Crippen LogP) is 3.16. The molecule has 2 atom stereocenters. The molecule has 2 N–H and O–H groups in total. The van der Waals surface area contributed by atoms with Gasteiger partial charge in [-0.25, -0.2) is 0 Å². The van der Waals surface area contributed by atoms with Crippen LogP contribution in [0.5, 0.6) is 0 Å². The normalized spacial score (nSPS) is 19.1. The third-order valence-electron chi connectivity index (χ3n) is 4.00. The number of hydrogen-bond acceptors (Lipinski definition) is 5. The molecule has 24 heavy (non-hydrogen) atoms. The third-order valence-corrected chi connectivity index (χ3v) is 4.25. The average molecular weight is 350 g/mol. The topological polar surface area (TPSA) is 78.6 Å². The summed E-state index contributed by atoms with van der Waals surface area (Å²) >= 11 is 5.88. The molecule has 2 aromatic rings. The van der Waals surface area contributed by atoms with Gasteiger partial charge in [-0.15, -0.1) is 0 Å². The fraction of sp³-hybridized carbons (Fsp3) is 0.412. The maximum absolute atomic E-state index is 11.9. The van der Waals surface area contributed by atoms with E-state index in [0.29, 0.717) is 16.5 Å². The van der Waals surface area contributed by atoms with Crippen molar-refractivity contribution in [2.75, 3.05) is 10.2 Å². The smallest absolute Gasteiger partial charge is 0.229 e. The molecule has 1 aliphatic rings. The molecule has 1 fully saturated rings. The van der Waals surface area contributed by atoms with Crippen LogP contribution in [0.4, 0.5) is 11.5 Å². The lowest BCUT2D eigenvalue weighted by molar-refractivity contribution is -0.125. The number of nitrogens with zero attached hydrogens (tertiary/aromatic N) is 2. The van der Waals surface area contributed by atoms with Crippen LogP contribution in [-0.2, 0) is 10.2 Å². The van der Waals surface area contributed by atoms with Crippen molar-refractivity contribution in [1.82, 2.24) is 5.16 Å². The number of nitrogens with one attached hydrogen (secondary N) is 1. The molecule has 6 nitrogen and oxygen atoms in total. The highest BCUT2D eigenvalue weighted by molar-refractivity contribution is 6.30. The minimum absolute atomic E-state index is 0.0429. The van der Waals surface area contributed by atoms with Gasteiger partial charge in [0, 0.05) is 22.2 Å². The molecule has 0 radical (unpaired) electrons. The Hall–Kier alpha value is -2.05. The van der Waals surface area contributed by atoms with Crippen molar-refractivity contribution in [2.24, 2.45) is 0 Å². The van der Waals surface area contributed by atoms with E-state index >= 15 is 0 Å². The van der Waals surface area contributed by atoms with Gasteiger partial charge in [-0.3, -0.25) is 4.79 Å². The van der Waals surface area contributed by atoms with E-state index in [9.17, 15) is 9.90 Å². The molecule has 2 unspecified atom stereocenters. The van der Waals surface area contributed by atoms with E-state index in [0.717, 1.165) is 5.76 Å². The van der Waals surface area contributed by atoms with E-state index in [2.05, 4.69) is 10.5 Å². The summed E-state index contributed by atoms with van der Waals surface area (Å²) in [7, 11) is 0. The summed E-state index contributed by atoms with van der Waals surface area (Å²) in [6, 6.07) is 8.34. The number of aromatic nitrogens is 1. The number of anilines is 2. The minimum atomic E-state index is -0.948. The van der Waals surface area contributed by atoms with Crippen molar-refractivity contribution in [1.29, 1.82) is 0 Å². The zero-order valence-corrected chi connectivity index (χ0v) is 14.5. The van der Waals surface area contributed by atoms with Crippen LogP contribution in [-0.4, -0.2) is 28.4 Å². The van der Waals surface area contributed by atoms with Crippen molar-refractivity contribution in [3.63, 3.8) is 0 Å².